The summed E-state index contributed by atoms with van der Waals surface area (Å²) in [5.74, 6) is 0.576. The second-order valence-electron chi connectivity index (χ2n) is 3.24. The van der Waals surface area contributed by atoms with E-state index in [4.69, 9.17) is 4.52 Å². The van der Waals surface area contributed by atoms with Gasteiger partial charge in [-0.3, -0.25) is 0 Å². The van der Waals surface area contributed by atoms with Crippen molar-refractivity contribution < 1.29 is 4.52 Å². The quantitative estimate of drug-likeness (QED) is 0.599. The molecule has 0 saturated carbocycles. The van der Waals surface area contributed by atoms with Crippen LogP contribution in [0.3, 0.4) is 0 Å². The summed E-state index contributed by atoms with van der Waals surface area (Å²) >= 11 is 0. The van der Waals surface area contributed by atoms with Crippen molar-refractivity contribution in [2.45, 2.75) is 0 Å². The molecule has 71 valence electrons. The summed E-state index contributed by atoms with van der Waals surface area (Å²) in [4.78, 5) is 0. The Morgan fingerprint density at radius 1 is 1.00 bits per heavy atom. The summed E-state index contributed by atoms with van der Waals surface area (Å²) < 4.78 is 5.01. The summed E-state index contributed by atoms with van der Waals surface area (Å²) in [6.45, 7) is 0. The van der Waals surface area contributed by atoms with E-state index in [0.717, 1.165) is 10.9 Å². The molecule has 0 spiro atoms. The minimum Gasteiger partial charge on any atom is -0.336 e. The average molecular weight is 195 g/mol. The fourth-order valence-electron chi connectivity index (χ4n) is 1.68. The second-order valence-corrected chi connectivity index (χ2v) is 3.24. The first-order chi connectivity index (χ1) is 7.45. The molecule has 3 heteroatoms. The van der Waals surface area contributed by atoms with E-state index in [1.807, 2.05) is 30.3 Å². The van der Waals surface area contributed by atoms with E-state index in [-0.39, 0.29) is 0 Å². The molecule has 2 aromatic carbocycles. The molecular formula is C12H7N2O. The number of rotatable bonds is 1. The van der Waals surface area contributed by atoms with E-state index in [1.165, 1.54) is 5.39 Å². The Bertz CT molecular complexity index is 582. The maximum atomic E-state index is 5.01. The van der Waals surface area contributed by atoms with Crippen molar-refractivity contribution in [2.75, 3.05) is 0 Å². The molecule has 0 bridgehead atoms. The molecule has 1 heterocycles. The van der Waals surface area contributed by atoms with Gasteiger partial charge in [0.15, 0.2) is 12.0 Å². The fourth-order valence-corrected chi connectivity index (χ4v) is 1.68. The zero-order valence-electron chi connectivity index (χ0n) is 7.84. The molecule has 0 fully saturated rings. The van der Waals surface area contributed by atoms with Gasteiger partial charge in [0.1, 0.15) is 0 Å². The van der Waals surface area contributed by atoms with Crippen LogP contribution in [0, 0.1) is 6.20 Å². The van der Waals surface area contributed by atoms with Gasteiger partial charge in [0.05, 0.1) is 0 Å². The van der Waals surface area contributed by atoms with Crippen LogP contribution in [0.1, 0.15) is 0 Å². The Kier molecular flexibility index (Phi) is 1.75. The first kappa shape index (κ1) is 8.17. The molecule has 1 aromatic heterocycles. The van der Waals surface area contributed by atoms with Crippen LogP contribution in [-0.4, -0.2) is 10.4 Å². The standard InChI is InChI=1S/C12H7N2O/c1-2-6-10-9(4-1)5-3-7-11(10)12-8-13-14-15-12/h1-7H. The highest BCUT2D eigenvalue weighted by molar-refractivity contribution is 5.95. The summed E-state index contributed by atoms with van der Waals surface area (Å²) in [6, 6.07) is 14.1. The zero-order valence-corrected chi connectivity index (χ0v) is 7.84. The Morgan fingerprint density at radius 2 is 1.87 bits per heavy atom. The molecule has 0 saturated heterocycles. The van der Waals surface area contributed by atoms with Gasteiger partial charge >= 0.3 is 0 Å². The van der Waals surface area contributed by atoms with Crippen LogP contribution in [0.2, 0.25) is 0 Å². The molecule has 0 aliphatic heterocycles. The predicted octanol–water partition coefficient (Wildman–Crippen LogP) is 2.69. The number of hydrogen-bond acceptors (Lipinski definition) is 3. The lowest BCUT2D eigenvalue weighted by atomic mass is 10.0. The lowest BCUT2D eigenvalue weighted by Crippen LogP contribution is -1.78. The third-order valence-electron chi connectivity index (χ3n) is 2.36. The summed E-state index contributed by atoms with van der Waals surface area (Å²) in [6.07, 6.45) is 2.72. The second kappa shape index (κ2) is 3.20. The Morgan fingerprint density at radius 3 is 2.73 bits per heavy atom. The Hall–Kier alpha value is -2.16. The molecule has 0 aliphatic rings. The van der Waals surface area contributed by atoms with Crippen LogP contribution in [0.5, 0.6) is 0 Å². The highest BCUT2D eigenvalue weighted by atomic mass is 16.5. The van der Waals surface area contributed by atoms with E-state index in [9.17, 15) is 0 Å². The van der Waals surface area contributed by atoms with Gasteiger partial charge in [-0.1, -0.05) is 42.5 Å². The van der Waals surface area contributed by atoms with Crippen molar-refractivity contribution in [3.05, 3.63) is 48.7 Å². The summed E-state index contributed by atoms with van der Waals surface area (Å²) in [5, 5.41) is 9.28. The van der Waals surface area contributed by atoms with E-state index in [1.54, 1.807) is 0 Å². The number of nitrogens with zero attached hydrogens (tertiary/aromatic N) is 2. The van der Waals surface area contributed by atoms with Gasteiger partial charge in [-0.2, -0.15) is 0 Å². The van der Waals surface area contributed by atoms with Gasteiger partial charge in [0.2, 0.25) is 0 Å². The zero-order chi connectivity index (χ0) is 10.1. The first-order valence-electron chi connectivity index (χ1n) is 4.63. The SMILES string of the molecule is [c]1nnoc1-c1cccc2ccccc12. The van der Waals surface area contributed by atoms with Crippen molar-refractivity contribution in [3.8, 4) is 11.3 Å². The van der Waals surface area contributed by atoms with E-state index in [0.29, 0.717) is 5.76 Å². The van der Waals surface area contributed by atoms with Crippen molar-refractivity contribution in [1.82, 2.24) is 10.4 Å². The summed E-state index contributed by atoms with van der Waals surface area (Å²) in [7, 11) is 0. The van der Waals surface area contributed by atoms with Gasteiger partial charge < -0.3 is 4.52 Å². The number of hydrogen-bond donors (Lipinski definition) is 0. The molecule has 0 atom stereocenters. The molecule has 3 nitrogen and oxygen atoms in total. The van der Waals surface area contributed by atoms with Crippen LogP contribution in [0.4, 0.5) is 0 Å². The van der Waals surface area contributed by atoms with Crippen LogP contribution in [-0.2, 0) is 0 Å². The highest BCUT2D eigenvalue weighted by Gasteiger charge is 2.06. The van der Waals surface area contributed by atoms with Gasteiger partial charge in [0, 0.05) is 10.8 Å². The van der Waals surface area contributed by atoms with Gasteiger partial charge in [-0.05, 0) is 10.8 Å². The number of fused-ring (bicyclic) bond motifs is 1. The van der Waals surface area contributed by atoms with E-state index >= 15 is 0 Å². The Balaban J connectivity index is 2.36. The smallest absolute Gasteiger partial charge is 0.197 e. The van der Waals surface area contributed by atoms with Crippen LogP contribution < -0.4 is 0 Å². The lowest BCUT2D eigenvalue weighted by Gasteiger charge is -2.01. The maximum absolute atomic E-state index is 5.01. The minimum absolute atomic E-state index is 0.576. The van der Waals surface area contributed by atoms with Crippen LogP contribution in [0.15, 0.2) is 47.0 Å². The van der Waals surface area contributed by atoms with Crippen LogP contribution >= 0.6 is 0 Å². The van der Waals surface area contributed by atoms with Gasteiger partial charge in [-0.25, -0.2) is 0 Å². The van der Waals surface area contributed by atoms with E-state index in [2.05, 4.69) is 28.7 Å². The largest absolute Gasteiger partial charge is 0.336 e. The van der Waals surface area contributed by atoms with E-state index < -0.39 is 0 Å². The van der Waals surface area contributed by atoms with Crippen LogP contribution in [0.25, 0.3) is 22.1 Å². The van der Waals surface area contributed by atoms with Crippen molar-refractivity contribution in [1.29, 1.82) is 0 Å². The average Bonchev–Trinajstić information content (AvgIpc) is 2.82. The lowest BCUT2D eigenvalue weighted by molar-refractivity contribution is 0.404. The topological polar surface area (TPSA) is 38.9 Å². The summed E-state index contributed by atoms with van der Waals surface area (Å²) in [5.41, 5.74) is 0.970. The van der Waals surface area contributed by atoms with Crippen molar-refractivity contribution in [3.63, 3.8) is 0 Å². The molecule has 15 heavy (non-hydrogen) atoms. The molecule has 3 rings (SSSR count). The minimum atomic E-state index is 0.576. The molecular weight excluding hydrogens is 188 g/mol. The third kappa shape index (κ3) is 1.29. The highest BCUT2D eigenvalue weighted by Crippen LogP contribution is 2.26. The van der Waals surface area contributed by atoms with Crippen molar-refractivity contribution in [2.24, 2.45) is 0 Å². The molecule has 0 unspecified atom stereocenters. The maximum Gasteiger partial charge on any atom is 0.197 e. The molecule has 0 N–H and O–H groups in total. The number of aromatic nitrogens is 2. The van der Waals surface area contributed by atoms with Gasteiger partial charge in [0.25, 0.3) is 0 Å². The first-order valence-corrected chi connectivity index (χ1v) is 4.63. The third-order valence-corrected chi connectivity index (χ3v) is 2.36. The fraction of sp³-hybridized carbons (Fsp3) is 0. The normalized spacial score (nSPS) is 10.7. The van der Waals surface area contributed by atoms with Crippen molar-refractivity contribution >= 4 is 10.8 Å². The monoisotopic (exact) mass is 195 g/mol. The van der Waals surface area contributed by atoms with Gasteiger partial charge in [-0.15, -0.1) is 5.10 Å². The molecule has 3 aromatic rings. The Labute approximate surface area is 86.3 Å². The molecule has 1 radical (unpaired) electrons. The number of benzene rings is 2. The molecule has 0 aliphatic carbocycles. The predicted molar refractivity (Wildman–Crippen MR) is 56.1 cm³/mol. The molecule has 0 amide bonds.